The van der Waals surface area contributed by atoms with Crippen molar-refractivity contribution in [2.24, 2.45) is 0 Å². The molecule has 0 unspecified atom stereocenters. The van der Waals surface area contributed by atoms with E-state index in [1.807, 2.05) is 19.9 Å². The summed E-state index contributed by atoms with van der Waals surface area (Å²) in [5, 5.41) is 0. The van der Waals surface area contributed by atoms with Crippen molar-refractivity contribution in [2.45, 2.75) is 27.7 Å². The van der Waals surface area contributed by atoms with Gasteiger partial charge in [0.05, 0.1) is 6.61 Å². The molecule has 132 valence electrons. The lowest BCUT2D eigenvalue weighted by Gasteiger charge is -2.34. The molecule has 0 spiro atoms. The Morgan fingerprint density at radius 3 is 2.17 bits per heavy atom. The van der Waals surface area contributed by atoms with Crippen molar-refractivity contribution in [2.75, 3.05) is 39.4 Å². The van der Waals surface area contributed by atoms with Crippen LogP contribution < -0.4 is 4.74 Å². The molecule has 2 rings (SSSR count). The predicted molar refractivity (Wildman–Crippen MR) is 91.3 cm³/mol. The van der Waals surface area contributed by atoms with Gasteiger partial charge in [0.2, 0.25) is 0 Å². The third kappa shape index (κ3) is 4.40. The molecule has 1 heterocycles. The van der Waals surface area contributed by atoms with E-state index in [-0.39, 0.29) is 18.6 Å². The smallest absolute Gasteiger partial charge is 0.409 e. The van der Waals surface area contributed by atoms with Gasteiger partial charge in [-0.1, -0.05) is 6.07 Å². The van der Waals surface area contributed by atoms with Gasteiger partial charge in [-0.25, -0.2) is 4.79 Å². The minimum Gasteiger partial charge on any atom is -0.483 e. The van der Waals surface area contributed by atoms with E-state index in [0.29, 0.717) is 32.8 Å². The molecule has 0 atom stereocenters. The van der Waals surface area contributed by atoms with Crippen LogP contribution in [0, 0.1) is 20.8 Å². The number of ether oxygens (including phenoxy) is 2. The molecular formula is C18H26N2O4. The lowest BCUT2D eigenvalue weighted by Crippen LogP contribution is -2.51. The van der Waals surface area contributed by atoms with E-state index in [0.717, 1.165) is 16.9 Å². The van der Waals surface area contributed by atoms with Crippen molar-refractivity contribution < 1.29 is 19.1 Å². The number of amides is 2. The molecule has 0 aromatic heterocycles. The molecule has 1 fully saturated rings. The normalized spacial score (nSPS) is 14.5. The van der Waals surface area contributed by atoms with E-state index in [4.69, 9.17) is 9.47 Å². The zero-order chi connectivity index (χ0) is 17.7. The molecule has 1 aliphatic rings. The van der Waals surface area contributed by atoms with Crippen molar-refractivity contribution in [3.8, 4) is 5.75 Å². The van der Waals surface area contributed by atoms with E-state index in [1.165, 1.54) is 5.56 Å². The first-order valence-corrected chi connectivity index (χ1v) is 8.32. The summed E-state index contributed by atoms with van der Waals surface area (Å²) >= 11 is 0. The maximum atomic E-state index is 12.3. The van der Waals surface area contributed by atoms with Crippen molar-refractivity contribution in [3.63, 3.8) is 0 Å². The Morgan fingerprint density at radius 1 is 0.958 bits per heavy atom. The molecule has 1 saturated heterocycles. The van der Waals surface area contributed by atoms with Crippen molar-refractivity contribution >= 4 is 12.0 Å². The van der Waals surface area contributed by atoms with E-state index < -0.39 is 0 Å². The summed E-state index contributed by atoms with van der Waals surface area (Å²) < 4.78 is 10.7. The number of rotatable bonds is 4. The van der Waals surface area contributed by atoms with Gasteiger partial charge in [-0.15, -0.1) is 0 Å². The zero-order valence-electron chi connectivity index (χ0n) is 14.9. The highest BCUT2D eigenvalue weighted by atomic mass is 16.6. The van der Waals surface area contributed by atoms with Crippen LogP contribution in [0.15, 0.2) is 12.1 Å². The monoisotopic (exact) mass is 334 g/mol. The Morgan fingerprint density at radius 2 is 1.54 bits per heavy atom. The van der Waals surface area contributed by atoms with Gasteiger partial charge in [-0.2, -0.15) is 0 Å². The Balaban J connectivity index is 1.84. The van der Waals surface area contributed by atoms with Gasteiger partial charge in [0.1, 0.15) is 5.75 Å². The van der Waals surface area contributed by atoms with Crippen LogP contribution in [0.25, 0.3) is 0 Å². The van der Waals surface area contributed by atoms with Crippen molar-refractivity contribution in [3.05, 3.63) is 28.8 Å². The fourth-order valence-electron chi connectivity index (χ4n) is 2.67. The quantitative estimate of drug-likeness (QED) is 0.848. The Labute approximate surface area is 143 Å². The molecule has 2 amide bonds. The number of carbonyl (C=O) groups is 2. The van der Waals surface area contributed by atoms with Crippen LogP contribution in [0.5, 0.6) is 5.75 Å². The molecule has 24 heavy (non-hydrogen) atoms. The molecule has 0 N–H and O–H groups in total. The van der Waals surface area contributed by atoms with Crippen LogP contribution in [0.2, 0.25) is 0 Å². The number of benzene rings is 1. The van der Waals surface area contributed by atoms with Crippen LogP contribution in [0.1, 0.15) is 23.6 Å². The third-order valence-electron chi connectivity index (χ3n) is 4.30. The largest absolute Gasteiger partial charge is 0.483 e. The van der Waals surface area contributed by atoms with Gasteiger partial charge in [-0.3, -0.25) is 4.79 Å². The second-order valence-electron chi connectivity index (χ2n) is 6.06. The Hall–Kier alpha value is -2.24. The van der Waals surface area contributed by atoms with Gasteiger partial charge in [0.15, 0.2) is 6.61 Å². The second kappa shape index (κ2) is 8.04. The Kier molecular flexibility index (Phi) is 6.06. The van der Waals surface area contributed by atoms with Crippen LogP contribution in [-0.4, -0.2) is 61.2 Å². The number of aryl methyl sites for hydroxylation is 3. The summed E-state index contributed by atoms with van der Waals surface area (Å²) in [7, 11) is 0. The maximum Gasteiger partial charge on any atom is 0.409 e. The zero-order valence-corrected chi connectivity index (χ0v) is 14.9. The average molecular weight is 334 g/mol. The number of hydrogen-bond acceptors (Lipinski definition) is 4. The lowest BCUT2D eigenvalue weighted by atomic mass is 10.1. The predicted octanol–water partition coefficient (Wildman–Crippen LogP) is 2.29. The van der Waals surface area contributed by atoms with Gasteiger partial charge in [-0.05, 0) is 50.5 Å². The van der Waals surface area contributed by atoms with Gasteiger partial charge >= 0.3 is 6.09 Å². The highest BCUT2D eigenvalue weighted by molar-refractivity contribution is 5.78. The summed E-state index contributed by atoms with van der Waals surface area (Å²) in [5.74, 6) is 0.688. The van der Waals surface area contributed by atoms with E-state index in [9.17, 15) is 9.59 Å². The fourth-order valence-corrected chi connectivity index (χ4v) is 2.67. The number of hydrogen-bond donors (Lipinski definition) is 0. The number of carbonyl (C=O) groups excluding carboxylic acids is 2. The summed E-state index contributed by atoms with van der Waals surface area (Å²) in [6.45, 7) is 10.2. The molecule has 0 saturated carbocycles. The van der Waals surface area contributed by atoms with Crippen molar-refractivity contribution in [1.29, 1.82) is 0 Å². The Bertz CT molecular complexity index is 607. The average Bonchev–Trinajstić information content (AvgIpc) is 2.57. The first-order valence-electron chi connectivity index (χ1n) is 8.32. The van der Waals surface area contributed by atoms with E-state index in [1.54, 1.807) is 16.7 Å². The van der Waals surface area contributed by atoms with Crippen molar-refractivity contribution in [1.82, 2.24) is 9.80 Å². The molecule has 0 aliphatic carbocycles. The molecule has 1 aromatic rings. The molecule has 6 nitrogen and oxygen atoms in total. The summed E-state index contributed by atoms with van der Waals surface area (Å²) in [5.41, 5.74) is 3.38. The summed E-state index contributed by atoms with van der Waals surface area (Å²) in [4.78, 5) is 27.3. The first-order chi connectivity index (χ1) is 11.4. The first kappa shape index (κ1) is 18.1. The van der Waals surface area contributed by atoms with Crippen LogP contribution in [0.4, 0.5) is 4.79 Å². The molecule has 6 heteroatoms. The van der Waals surface area contributed by atoms with Gasteiger partial charge in [0.25, 0.3) is 5.91 Å². The highest BCUT2D eigenvalue weighted by Gasteiger charge is 2.25. The number of piperazine rings is 1. The second-order valence-corrected chi connectivity index (χ2v) is 6.06. The molecule has 0 radical (unpaired) electrons. The SMILES string of the molecule is CCOC(=O)N1CCN(C(=O)COc2cc(C)c(C)cc2C)CC1. The highest BCUT2D eigenvalue weighted by Crippen LogP contribution is 2.22. The van der Waals surface area contributed by atoms with E-state index >= 15 is 0 Å². The minimum atomic E-state index is -0.313. The molecule has 1 aromatic carbocycles. The maximum absolute atomic E-state index is 12.3. The minimum absolute atomic E-state index is 0.0166. The standard InChI is InChI=1S/C18H26N2O4/c1-5-23-18(22)20-8-6-19(7-9-20)17(21)12-24-16-11-14(3)13(2)10-15(16)4/h10-11H,5-9,12H2,1-4H3. The summed E-state index contributed by atoms with van der Waals surface area (Å²) in [6.07, 6.45) is -0.313. The van der Waals surface area contributed by atoms with Gasteiger partial charge in [0, 0.05) is 26.2 Å². The molecular weight excluding hydrogens is 308 g/mol. The van der Waals surface area contributed by atoms with E-state index in [2.05, 4.69) is 13.0 Å². The third-order valence-corrected chi connectivity index (χ3v) is 4.30. The summed E-state index contributed by atoms with van der Waals surface area (Å²) in [6, 6.07) is 4.03. The van der Waals surface area contributed by atoms with Gasteiger partial charge < -0.3 is 19.3 Å². The van der Waals surface area contributed by atoms with Crippen LogP contribution >= 0.6 is 0 Å². The van der Waals surface area contributed by atoms with Crippen LogP contribution in [-0.2, 0) is 9.53 Å². The topological polar surface area (TPSA) is 59.1 Å². The molecule has 1 aliphatic heterocycles. The molecule has 0 bridgehead atoms. The fraction of sp³-hybridized carbons (Fsp3) is 0.556. The van der Waals surface area contributed by atoms with Crippen LogP contribution in [0.3, 0.4) is 0 Å². The lowest BCUT2D eigenvalue weighted by molar-refractivity contribution is -0.134. The number of nitrogens with zero attached hydrogens (tertiary/aromatic N) is 2.